The minimum Gasteiger partial charge on any atom is -0.394 e. The molecule has 0 spiro atoms. The van der Waals surface area contributed by atoms with Crippen molar-refractivity contribution in [1.82, 2.24) is 4.90 Å². The van der Waals surface area contributed by atoms with Gasteiger partial charge in [-0.05, 0) is 13.8 Å². The van der Waals surface area contributed by atoms with Gasteiger partial charge in [-0.3, -0.25) is 4.90 Å². The van der Waals surface area contributed by atoms with E-state index in [0.29, 0.717) is 0 Å². The maximum Gasteiger partial charge on any atom is 0.101 e. The van der Waals surface area contributed by atoms with Crippen LogP contribution in [0.4, 0.5) is 0 Å². The molecule has 17 nitrogen and oxygen atoms in total. The van der Waals surface area contributed by atoms with Gasteiger partial charge in [0.25, 0.3) is 0 Å². The second kappa shape index (κ2) is 31.6. The van der Waals surface area contributed by atoms with Crippen LogP contribution in [0.2, 0.25) is 0 Å². The molecular weight excluding hydrogens is 618 g/mol. The maximum absolute atomic E-state index is 10.4. The molecule has 0 aromatic rings. The molecule has 46 heavy (non-hydrogen) atoms. The first-order chi connectivity index (χ1) is 21.9. The largest absolute Gasteiger partial charge is 0.394 e. The topological polar surface area (TPSA) is 261 Å². The number of aliphatic hydroxyl groups excluding tert-OH is 10. The number of hydrogen-bond donors (Lipinski definition) is 10. The Morgan fingerprint density at radius 3 is 0.761 bits per heavy atom. The summed E-state index contributed by atoms with van der Waals surface area (Å²) in [6.45, 7) is 5.96. The molecule has 0 rings (SSSR count). The molecule has 280 valence electrons. The Hall–Kier alpha value is -0.680. The van der Waals surface area contributed by atoms with Crippen molar-refractivity contribution in [3.05, 3.63) is 0 Å². The fourth-order valence-corrected chi connectivity index (χ4v) is 3.48. The van der Waals surface area contributed by atoms with E-state index in [1.54, 1.807) is 0 Å². The van der Waals surface area contributed by atoms with Crippen LogP contribution < -0.4 is 0 Å². The third-order valence-electron chi connectivity index (χ3n) is 5.77. The zero-order valence-electron chi connectivity index (χ0n) is 27.9. The maximum atomic E-state index is 10.4. The summed E-state index contributed by atoms with van der Waals surface area (Å²) in [4.78, 5) is 1.83. The lowest BCUT2D eigenvalue weighted by atomic mass is 10.2. The van der Waals surface area contributed by atoms with Gasteiger partial charge >= 0.3 is 0 Å². The van der Waals surface area contributed by atoms with Crippen molar-refractivity contribution in [3.8, 4) is 0 Å². The first kappa shape index (κ1) is 47.4. The minimum absolute atomic E-state index is 0.0260. The lowest BCUT2D eigenvalue weighted by Gasteiger charge is -2.30. The molecule has 0 amide bonds. The zero-order valence-corrected chi connectivity index (χ0v) is 27.9. The fraction of sp³-hybridized carbons (Fsp3) is 1.00. The molecule has 0 saturated heterocycles. The van der Waals surface area contributed by atoms with E-state index in [0.717, 1.165) is 0 Å². The summed E-state index contributed by atoms with van der Waals surface area (Å²) < 4.78 is 31.2. The highest BCUT2D eigenvalue weighted by Gasteiger charge is 2.20. The molecule has 0 bridgehead atoms. The minimum atomic E-state index is -1.02. The summed E-state index contributed by atoms with van der Waals surface area (Å²) in [7, 11) is 0. The monoisotopic (exact) mass is 681 g/mol. The highest BCUT2D eigenvalue weighted by atomic mass is 16.5. The van der Waals surface area contributed by atoms with Crippen LogP contribution in [0, 0.1) is 0 Å². The van der Waals surface area contributed by atoms with Gasteiger partial charge in [-0.1, -0.05) is 13.8 Å². The Morgan fingerprint density at radius 2 is 0.565 bits per heavy atom. The summed E-state index contributed by atoms with van der Waals surface area (Å²) in [5.41, 5.74) is 0. The molecule has 8 unspecified atom stereocenters. The van der Waals surface area contributed by atoms with Gasteiger partial charge in [0.2, 0.25) is 0 Å². The molecule has 0 aromatic carbocycles. The average Bonchev–Trinajstić information content (AvgIpc) is 3.01. The normalized spacial score (nSPS) is 17.2. The SMILES string of the molecule is CC.CC(C)N(CC(O)COCC(O)COCC(O)COCC(O)CO)CC(O)COCC(O)COCC(O)COCC(O)CO. The van der Waals surface area contributed by atoms with Crippen LogP contribution in [0.3, 0.4) is 0 Å². The lowest BCUT2D eigenvalue weighted by molar-refractivity contribution is -0.0774. The third-order valence-corrected chi connectivity index (χ3v) is 5.77. The highest BCUT2D eigenvalue weighted by molar-refractivity contribution is 4.72. The van der Waals surface area contributed by atoms with Gasteiger partial charge in [-0.15, -0.1) is 0 Å². The highest BCUT2D eigenvalue weighted by Crippen LogP contribution is 2.05. The van der Waals surface area contributed by atoms with Crippen LogP contribution in [0.1, 0.15) is 27.7 Å². The van der Waals surface area contributed by atoms with Crippen LogP contribution in [0.5, 0.6) is 0 Å². The van der Waals surface area contributed by atoms with Crippen molar-refractivity contribution in [2.24, 2.45) is 0 Å². The van der Waals surface area contributed by atoms with E-state index in [1.807, 2.05) is 32.6 Å². The van der Waals surface area contributed by atoms with E-state index in [2.05, 4.69) is 0 Å². The quantitative estimate of drug-likeness (QED) is 0.0332. The van der Waals surface area contributed by atoms with Gasteiger partial charge in [-0.25, -0.2) is 0 Å². The Morgan fingerprint density at radius 1 is 0.370 bits per heavy atom. The molecule has 0 aliphatic rings. The van der Waals surface area contributed by atoms with Crippen molar-refractivity contribution >= 4 is 0 Å². The molecule has 8 atom stereocenters. The summed E-state index contributed by atoms with van der Waals surface area (Å²) >= 11 is 0. The van der Waals surface area contributed by atoms with Crippen molar-refractivity contribution in [2.45, 2.75) is 82.6 Å². The van der Waals surface area contributed by atoms with Crippen LogP contribution >= 0.6 is 0 Å². The van der Waals surface area contributed by atoms with Gasteiger partial charge in [0.15, 0.2) is 0 Å². The van der Waals surface area contributed by atoms with E-state index in [-0.39, 0.29) is 98.4 Å². The zero-order chi connectivity index (χ0) is 35.3. The van der Waals surface area contributed by atoms with E-state index in [4.69, 9.17) is 48.8 Å². The fourth-order valence-electron chi connectivity index (χ4n) is 3.48. The first-order valence-electron chi connectivity index (χ1n) is 15.7. The first-order valence-corrected chi connectivity index (χ1v) is 15.7. The van der Waals surface area contributed by atoms with Crippen LogP contribution in [-0.4, -0.2) is 216 Å². The van der Waals surface area contributed by atoms with Crippen LogP contribution in [-0.2, 0) is 28.4 Å². The van der Waals surface area contributed by atoms with Crippen LogP contribution in [0.25, 0.3) is 0 Å². The van der Waals surface area contributed by atoms with Gasteiger partial charge in [0.05, 0.1) is 105 Å². The second-order valence-corrected chi connectivity index (χ2v) is 10.9. The van der Waals surface area contributed by atoms with Gasteiger partial charge in [0.1, 0.15) is 36.6 Å². The molecule has 0 radical (unpaired) electrons. The van der Waals surface area contributed by atoms with Gasteiger partial charge in [0, 0.05) is 19.1 Å². The number of aliphatic hydroxyl groups is 10. The molecule has 0 heterocycles. The van der Waals surface area contributed by atoms with E-state index >= 15 is 0 Å². The molecule has 0 aliphatic heterocycles. The van der Waals surface area contributed by atoms with Gasteiger partial charge < -0.3 is 79.5 Å². The summed E-state index contributed by atoms with van der Waals surface area (Å²) in [6, 6.07) is -0.0260. The standard InChI is InChI=1S/C27H57NO16.C2H6/c1-19(2)28(3-20(31)7-39-11-24(35)15-43-17-26(37)13-41-9-22(33)5-29)4-21(32)8-40-12-25(36)16-44-18-27(38)14-42-10-23(34)6-30;1-2/h19-27,29-38H,3-18H2,1-2H3;1-2H3. The Balaban J connectivity index is 0. The molecule has 0 saturated carbocycles. The van der Waals surface area contributed by atoms with Crippen molar-refractivity contribution in [3.63, 3.8) is 0 Å². The van der Waals surface area contributed by atoms with Crippen molar-refractivity contribution < 1.29 is 79.5 Å². The van der Waals surface area contributed by atoms with E-state index < -0.39 is 62.0 Å². The second-order valence-electron chi connectivity index (χ2n) is 10.9. The number of ether oxygens (including phenoxy) is 6. The molecular formula is C29H63NO16. The molecule has 17 heteroatoms. The van der Waals surface area contributed by atoms with Crippen LogP contribution in [0.15, 0.2) is 0 Å². The molecule has 0 aliphatic carbocycles. The van der Waals surface area contributed by atoms with Crippen molar-refractivity contribution in [2.75, 3.05) is 106 Å². The lowest BCUT2D eigenvalue weighted by Crippen LogP contribution is -2.44. The van der Waals surface area contributed by atoms with Crippen molar-refractivity contribution in [1.29, 1.82) is 0 Å². The number of hydrogen-bond acceptors (Lipinski definition) is 17. The summed E-state index contributed by atoms with van der Waals surface area (Å²) in [5, 5.41) is 95.9. The predicted octanol–water partition coefficient (Wildman–Crippen LogP) is -4.31. The smallest absolute Gasteiger partial charge is 0.101 e. The third kappa shape index (κ3) is 29.5. The number of nitrogens with zero attached hydrogens (tertiary/aromatic N) is 1. The Labute approximate surface area is 272 Å². The average molecular weight is 682 g/mol. The summed E-state index contributed by atoms with van der Waals surface area (Å²) in [5.74, 6) is 0. The van der Waals surface area contributed by atoms with Gasteiger partial charge in [-0.2, -0.15) is 0 Å². The predicted molar refractivity (Wildman–Crippen MR) is 165 cm³/mol. The Kier molecular flexibility index (Phi) is 32.6. The molecule has 0 aromatic heterocycles. The number of rotatable bonds is 31. The Bertz CT molecular complexity index is 592. The van der Waals surface area contributed by atoms with E-state index in [1.165, 1.54) is 0 Å². The molecule has 10 N–H and O–H groups in total. The van der Waals surface area contributed by atoms with E-state index in [9.17, 15) is 30.6 Å². The molecule has 0 fully saturated rings. The summed E-state index contributed by atoms with van der Waals surface area (Å²) in [6.07, 6.45) is -7.82.